The number of nitrogens with zero attached hydrogens (tertiary/aromatic N) is 2. The molecule has 3 fully saturated rings. The van der Waals surface area contributed by atoms with E-state index < -0.39 is 5.41 Å². The predicted octanol–water partition coefficient (Wildman–Crippen LogP) is -1.53. The Morgan fingerprint density at radius 1 is 1.07 bits per heavy atom. The molecule has 9 nitrogen and oxygen atoms in total. The lowest BCUT2D eigenvalue weighted by atomic mass is 9.81. The number of carbonyl (C=O) groups is 4. The first-order valence-corrected chi connectivity index (χ1v) is 9.08. The molecular weight excluding hydrogens is 374 g/mol. The number of hydrogen-bond donors (Lipinski definition) is 3. The molecule has 0 aromatic carbocycles. The van der Waals surface area contributed by atoms with Gasteiger partial charge in [-0.05, 0) is 13.0 Å². The fourth-order valence-electron chi connectivity index (χ4n) is 4.01. The Morgan fingerprint density at radius 2 is 1.63 bits per heavy atom. The standard InChI is InChI=1S/C17H27N5O4.ClH/c1-21-8-11(5-14(21)24)19-13(23)7-17(3-4-18-10-17)16(26)20-12-6-15(25)22(2)9-12;/h11-12,18H,3-10H2,1-2H3,(H,19,23)(H,20,26);1H. The van der Waals surface area contributed by atoms with Crippen molar-refractivity contribution in [2.24, 2.45) is 5.41 Å². The number of amides is 4. The van der Waals surface area contributed by atoms with Gasteiger partial charge in [-0.1, -0.05) is 0 Å². The van der Waals surface area contributed by atoms with Crippen molar-refractivity contribution in [3.8, 4) is 0 Å². The maximum absolute atomic E-state index is 12.9. The molecule has 0 spiro atoms. The van der Waals surface area contributed by atoms with Crippen LogP contribution in [0, 0.1) is 5.41 Å². The maximum atomic E-state index is 12.9. The molecule has 0 bridgehead atoms. The highest BCUT2D eigenvalue weighted by molar-refractivity contribution is 5.91. The second-order valence-corrected chi connectivity index (χ2v) is 7.78. The van der Waals surface area contributed by atoms with Crippen LogP contribution >= 0.6 is 12.4 Å². The van der Waals surface area contributed by atoms with Crippen LogP contribution in [0.4, 0.5) is 0 Å². The molecule has 0 saturated carbocycles. The molecule has 27 heavy (non-hydrogen) atoms. The molecule has 3 saturated heterocycles. The summed E-state index contributed by atoms with van der Waals surface area (Å²) in [6.07, 6.45) is 1.26. The Hall–Kier alpha value is -1.87. The Kier molecular flexibility index (Phi) is 6.69. The van der Waals surface area contributed by atoms with Crippen LogP contribution in [0.1, 0.15) is 25.7 Å². The van der Waals surface area contributed by atoms with E-state index in [-0.39, 0.29) is 54.5 Å². The zero-order valence-corrected chi connectivity index (χ0v) is 16.6. The van der Waals surface area contributed by atoms with Crippen molar-refractivity contribution in [3.05, 3.63) is 0 Å². The average Bonchev–Trinajstić information content (AvgIpc) is 3.22. The zero-order valence-electron chi connectivity index (χ0n) is 15.7. The van der Waals surface area contributed by atoms with Gasteiger partial charge in [0, 0.05) is 53.0 Å². The summed E-state index contributed by atoms with van der Waals surface area (Å²) >= 11 is 0. The van der Waals surface area contributed by atoms with Crippen LogP contribution in [0.25, 0.3) is 0 Å². The Labute approximate surface area is 165 Å². The zero-order chi connectivity index (χ0) is 18.9. The first-order valence-electron chi connectivity index (χ1n) is 9.08. The second-order valence-electron chi connectivity index (χ2n) is 7.78. The van der Waals surface area contributed by atoms with E-state index in [0.717, 1.165) is 0 Å². The van der Waals surface area contributed by atoms with Crippen molar-refractivity contribution in [1.82, 2.24) is 25.8 Å². The van der Waals surface area contributed by atoms with Crippen molar-refractivity contribution in [1.29, 1.82) is 0 Å². The number of nitrogens with one attached hydrogen (secondary N) is 3. The van der Waals surface area contributed by atoms with Crippen molar-refractivity contribution >= 4 is 36.0 Å². The predicted molar refractivity (Wildman–Crippen MR) is 100 cm³/mol. The van der Waals surface area contributed by atoms with Crippen molar-refractivity contribution in [3.63, 3.8) is 0 Å². The van der Waals surface area contributed by atoms with Crippen LogP contribution < -0.4 is 16.0 Å². The second kappa shape index (κ2) is 8.43. The molecule has 3 atom stereocenters. The van der Waals surface area contributed by atoms with Gasteiger partial charge in [0.1, 0.15) is 0 Å². The minimum Gasteiger partial charge on any atom is -0.351 e. The number of hydrogen-bond acceptors (Lipinski definition) is 5. The van der Waals surface area contributed by atoms with Crippen molar-refractivity contribution in [2.75, 3.05) is 40.3 Å². The van der Waals surface area contributed by atoms with Crippen LogP contribution in [0.5, 0.6) is 0 Å². The number of likely N-dealkylation sites (tertiary alicyclic amines) is 2. The van der Waals surface area contributed by atoms with Crippen LogP contribution in [-0.4, -0.2) is 85.8 Å². The lowest BCUT2D eigenvalue weighted by molar-refractivity contribution is -0.136. The Morgan fingerprint density at radius 3 is 2.07 bits per heavy atom. The van der Waals surface area contributed by atoms with Crippen LogP contribution in [-0.2, 0) is 19.2 Å². The Bertz CT molecular complexity index is 622. The first-order chi connectivity index (χ1) is 12.3. The normalized spacial score (nSPS) is 30.4. The van der Waals surface area contributed by atoms with Gasteiger partial charge in [0.05, 0.1) is 17.5 Å². The molecule has 152 valence electrons. The number of carbonyl (C=O) groups excluding carboxylic acids is 4. The fraction of sp³-hybridized carbons (Fsp3) is 0.765. The smallest absolute Gasteiger partial charge is 0.228 e. The molecule has 3 aliphatic heterocycles. The van der Waals surface area contributed by atoms with Gasteiger partial charge in [-0.25, -0.2) is 0 Å². The molecule has 0 radical (unpaired) electrons. The molecular formula is C17H28ClN5O4. The summed E-state index contributed by atoms with van der Waals surface area (Å²) < 4.78 is 0. The van der Waals surface area contributed by atoms with E-state index in [1.807, 2.05) is 0 Å². The van der Waals surface area contributed by atoms with Crippen LogP contribution in [0.3, 0.4) is 0 Å². The summed E-state index contributed by atoms with van der Waals surface area (Å²) in [5.74, 6) is -0.357. The molecule has 3 rings (SSSR count). The highest BCUT2D eigenvalue weighted by Gasteiger charge is 2.45. The van der Waals surface area contributed by atoms with Crippen LogP contribution in [0.15, 0.2) is 0 Å². The summed E-state index contributed by atoms with van der Waals surface area (Å²) in [6, 6.07) is -0.405. The maximum Gasteiger partial charge on any atom is 0.228 e. The summed E-state index contributed by atoms with van der Waals surface area (Å²) in [5, 5.41) is 9.00. The summed E-state index contributed by atoms with van der Waals surface area (Å²) in [6.45, 7) is 2.11. The van der Waals surface area contributed by atoms with Gasteiger partial charge in [-0.2, -0.15) is 0 Å². The molecule has 4 amide bonds. The summed E-state index contributed by atoms with van der Waals surface area (Å²) in [4.78, 5) is 51.9. The fourth-order valence-corrected chi connectivity index (χ4v) is 4.01. The number of halogens is 1. The molecule has 0 aliphatic carbocycles. The molecule has 10 heteroatoms. The van der Waals surface area contributed by atoms with Crippen molar-refractivity contribution < 1.29 is 19.2 Å². The van der Waals surface area contributed by atoms with E-state index in [2.05, 4.69) is 16.0 Å². The average molecular weight is 402 g/mol. The minimum atomic E-state index is -0.803. The third-order valence-electron chi connectivity index (χ3n) is 5.61. The van der Waals surface area contributed by atoms with Gasteiger partial charge < -0.3 is 25.8 Å². The highest BCUT2D eigenvalue weighted by Crippen LogP contribution is 2.31. The topological polar surface area (TPSA) is 111 Å². The van der Waals surface area contributed by atoms with Gasteiger partial charge in [-0.3, -0.25) is 19.2 Å². The third kappa shape index (κ3) is 4.70. The van der Waals surface area contributed by atoms with Crippen molar-refractivity contribution in [2.45, 2.75) is 37.8 Å². The Balaban J connectivity index is 0.00000261. The largest absolute Gasteiger partial charge is 0.351 e. The van der Waals surface area contributed by atoms with E-state index in [1.165, 1.54) is 0 Å². The van der Waals surface area contributed by atoms with E-state index in [0.29, 0.717) is 45.4 Å². The quantitative estimate of drug-likeness (QED) is 0.517. The van der Waals surface area contributed by atoms with Gasteiger partial charge in [0.15, 0.2) is 0 Å². The highest BCUT2D eigenvalue weighted by atomic mass is 35.5. The first kappa shape index (κ1) is 21.4. The number of likely N-dealkylation sites (N-methyl/N-ethyl adjacent to an activating group) is 2. The minimum absolute atomic E-state index is 0. The van der Waals surface area contributed by atoms with E-state index in [4.69, 9.17) is 0 Å². The van der Waals surface area contributed by atoms with Gasteiger partial charge >= 0.3 is 0 Å². The molecule has 3 aliphatic rings. The molecule has 3 N–H and O–H groups in total. The van der Waals surface area contributed by atoms with E-state index in [1.54, 1.807) is 23.9 Å². The molecule has 0 aromatic heterocycles. The molecule has 3 unspecified atom stereocenters. The van der Waals surface area contributed by atoms with Gasteiger partial charge in [0.2, 0.25) is 23.6 Å². The van der Waals surface area contributed by atoms with Gasteiger partial charge in [-0.15, -0.1) is 12.4 Å². The lowest BCUT2D eigenvalue weighted by Crippen LogP contribution is -2.50. The number of rotatable bonds is 5. The molecule has 0 aromatic rings. The lowest BCUT2D eigenvalue weighted by Gasteiger charge is -2.28. The summed E-state index contributed by atoms with van der Waals surface area (Å²) in [5.41, 5.74) is -0.803. The van der Waals surface area contributed by atoms with Gasteiger partial charge in [0.25, 0.3) is 0 Å². The third-order valence-corrected chi connectivity index (χ3v) is 5.61. The monoisotopic (exact) mass is 401 g/mol. The van der Waals surface area contributed by atoms with Crippen LogP contribution in [0.2, 0.25) is 0 Å². The SMILES string of the molecule is CN1CC(NC(=O)CC2(C(=O)NC3CC(=O)N(C)C3)CCNC2)CC1=O.Cl. The van der Waals surface area contributed by atoms with E-state index in [9.17, 15) is 19.2 Å². The molecule has 3 heterocycles. The van der Waals surface area contributed by atoms with E-state index >= 15 is 0 Å². The summed E-state index contributed by atoms with van der Waals surface area (Å²) in [7, 11) is 3.43.